The van der Waals surface area contributed by atoms with Gasteiger partial charge in [-0.25, -0.2) is 0 Å². The van der Waals surface area contributed by atoms with E-state index in [4.69, 9.17) is 0 Å². The number of hydrogen-bond acceptors (Lipinski definition) is 1. The van der Waals surface area contributed by atoms with Crippen molar-refractivity contribution in [2.24, 2.45) is 0 Å². The molecule has 0 aromatic heterocycles. The first-order valence-electron chi connectivity index (χ1n) is 8.21. The maximum atomic E-state index is 3.37. The van der Waals surface area contributed by atoms with Crippen LogP contribution in [-0.2, 0) is 12.8 Å². The Balaban J connectivity index is 1.87. The highest BCUT2D eigenvalue weighted by atomic mass is 14.9. The number of aryl methyl sites for hydroxylation is 2. The lowest BCUT2D eigenvalue weighted by Crippen LogP contribution is -2.14. The molecule has 1 heteroatoms. The molecule has 0 fully saturated rings. The summed E-state index contributed by atoms with van der Waals surface area (Å²) in [5.41, 5.74) is 7.19. The molecule has 0 amide bonds. The van der Waals surface area contributed by atoms with Crippen LogP contribution in [0.25, 0.3) is 11.1 Å². The van der Waals surface area contributed by atoms with E-state index in [0.717, 1.165) is 6.42 Å². The molecular formula is C20H25N. The molecule has 3 rings (SSSR count). The summed E-state index contributed by atoms with van der Waals surface area (Å²) >= 11 is 0. The molecule has 2 aromatic rings. The molecule has 0 aliphatic heterocycles. The first kappa shape index (κ1) is 14.3. The SMILES string of the molecule is CCC(NC)c1ccc(-c2ccc3c(c2)CCCC3)cc1. The summed E-state index contributed by atoms with van der Waals surface area (Å²) in [6.45, 7) is 2.22. The van der Waals surface area contributed by atoms with E-state index >= 15 is 0 Å². The van der Waals surface area contributed by atoms with Gasteiger partial charge >= 0.3 is 0 Å². The van der Waals surface area contributed by atoms with Gasteiger partial charge in [0.2, 0.25) is 0 Å². The average molecular weight is 279 g/mol. The predicted molar refractivity (Wildman–Crippen MR) is 90.6 cm³/mol. The third-order valence-electron chi connectivity index (χ3n) is 4.75. The van der Waals surface area contributed by atoms with Crippen molar-refractivity contribution in [3.63, 3.8) is 0 Å². The second kappa shape index (κ2) is 6.44. The van der Waals surface area contributed by atoms with Crippen molar-refractivity contribution in [1.82, 2.24) is 5.32 Å². The Labute approximate surface area is 128 Å². The zero-order valence-electron chi connectivity index (χ0n) is 13.2. The highest BCUT2D eigenvalue weighted by Gasteiger charge is 2.11. The molecule has 0 spiro atoms. The third-order valence-corrected chi connectivity index (χ3v) is 4.75. The Hall–Kier alpha value is -1.60. The Bertz CT molecular complexity index is 594. The lowest BCUT2D eigenvalue weighted by atomic mass is 9.89. The van der Waals surface area contributed by atoms with E-state index in [-0.39, 0.29) is 0 Å². The minimum absolute atomic E-state index is 0.461. The number of rotatable bonds is 4. The summed E-state index contributed by atoms with van der Waals surface area (Å²) in [7, 11) is 2.03. The van der Waals surface area contributed by atoms with Crippen LogP contribution in [0.5, 0.6) is 0 Å². The smallest absolute Gasteiger partial charge is 0.0314 e. The quantitative estimate of drug-likeness (QED) is 0.839. The molecule has 1 N–H and O–H groups in total. The molecule has 110 valence electrons. The van der Waals surface area contributed by atoms with Crippen LogP contribution in [0.3, 0.4) is 0 Å². The van der Waals surface area contributed by atoms with Crippen LogP contribution >= 0.6 is 0 Å². The molecule has 1 nitrogen and oxygen atoms in total. The summed E-state index contributed by atoms with van der Waals surface area (Å²) in [6.07, 6.45) is 6.32. The third kappa shape index (κ3) is 3.03. The molecule has 2 aromatic carbocycles. The Morgan fingerprint density at radius 2 is 1.57 bits per heavy atom. The van der Waals surface area contributed by atoms with Gasteiger partial charge in [-0.2, -0.15) is 0 Å². The van der Waals surface area contributed by atoms with Gasteiger partial charge in [-0.3, -0.25) is 0 Å². The first-order valence-corrected chi connectivity index (χ1v) is 8.21. The Morgan fingerprint density at radius 1 is 0.905 bits per heavy atom. The van der Waals surface area contributed by atoms with E-state index in [1.165, 1.54) is 42.4 Å². The minimum atomic E-state index is 0.461. The fourth-order valence-corrected chi connectivity index (χ4v) is 3.43. The maximum Gasteiger partial charge on any atom is 0.0314 e. The summed E-state index contributed by atoms with van der Waals surface area (Å²) < 4.78 is 0. The first-order chi connectivity index (χ1) is 10.3. The molecule has 0 saturated heterocycles. The number of benzene rings is 2. The average Bonchev–Trinajstić information content (AvgIpc) is 2.56. The standard InChI is InChI=1S/C20H25N/c1-3-20(21-2)17-11-8-16(9-12-17)19-13-10-15-6-4-5-7-18(15)14-19/h8-14,20-21H,3-7H2,1-2H3. The van der Waals surface area contributed by atoms with E-state index in [1.807, 2.05) is 7.05 Å². The van der Waals surface area contributed by atoms with E-state index in [2.05, 4.69) is 54.7 Å². The number of hydrogen-bond donors (Lipinski definition) is 1. The van der Waals surface area contributed by atoms with Gasteiger partial charge in [-0.1, -0.05) is 49.4 Å². The maximum absolute atomic E-state index is 3.37. The summed E-state index contributed by atoms with van der Waals surface area (Å²) in [5.74, 6) is 0. The Morgan fingerprint density at radius 3 is 2.24 bits per heavy atom. The van der Waals surface area contributed by atoms with Crippen LogP contribution < -0.4 is 5.32 Å². The van der Waals surface area contributed by atoms with Crippen LogP contribution in [0, 0.1) is 0 Å². The molecule has 0 saturated carbocycles. The van der Waals surface area contributed by atoms with E-state index in [1.54, 1.807) is 11.1 Å². The zero-order valence-corrected chi connectivity index (χ0v) is 13.2. The van der Waals surface area contributed by atoms with Crippen LogP contribution in [0.1, 0.15) is 48.9 Å². The number of fused-ring (bicyclic) bond motifs is 1. The van der Waals surface area contributed by atoms with E-state index in [0.29, 0.717) is 6.04 Å². The molecule has 1 unspecified atom stereocenters. The second-order valence-corrected chi connectivity index (χ2v) is 6.06. The summed E-state index contributed by atoms with van der Waals surface area (Å²) in [5, 5.41) is 3.37. The van der Waals surface area contributed by atoms with Gasteiger partial charge in [-0.15, -0.1) is 0 Å². The highest BCUT2D eigenvalue weighted by molar-refractivity contribution is 5.65. The van der Waals surface area contributed by atoms with Gasteiger partial charge in [0.15, 0.2) is 0 Å². The minimum Gasteiger partial charge on any atom is -0.313 e. The second-order valence-electron chi connectivity index (χ2n) is 6.06. The van der Waals surface area contributed by atoms with Crippen molar-refractivity contribution in [1.29, 1.82) is 0 Å². The summed E-state index contributed by atoms with van der Waals surface area (Å²) in [6, 6.07) is 16.5. The van der Waals surface area contributed by atoms with Crippen molar-refractivity contribution in [2.45, 2.75) is 45.1 Å². The fraction of sp³-hybridized carbons (Fsp3) is 0.400. The van der Waals surface area contributed by atoms with Crippen LogP contribution in [0.2, 0.25) is 0 Å². The molecule has 1 aliphatic carbocycles. The van der Waals surface area contributed by atoms with Crippen molar-refractivity contribution >= 4 is 0 Å². The number of nitrogens with one attached hydrogen (secondary N) is 1. The van der Waals surface area contributed by atoms with Crippen molar-refractivity contribution in [3.8, 4) is 11.1 Å². The van der Waals surface area contributed by atoms with E-state index < -0.39 is 0 Å². The van der Waals surface area contributed by atoms with Gasteiger partial charge in [0.05, 0.1) is 0 Å². The molecule has 0 bridgehead atoms. The monoisotopic (exact) mass is 279 g/mol. The largest absolute Gasteiger partial charge is 0.313 e. The van der Waals surface area contributed by atoms with Crippen LogP contribution in [0.15, 0.2) is 42.5 Å². The lowest BCUT2D eigenvalue weighted by Gasteiger charge is -2.17. The molecule has 1 atom stereocenters. The van der Waals surface area contributed by atoms with Crippen molar-refractivity contribution < 1.29 is 0 Å². The summed E-state index contributed by atoms with van der Waals surface area (Å²) in [4.78, 5) is 0. The van der Waals surface area contributed by atoms with Crippen molar-refractivity contribution in [3.05, 3.63) is 59.2 Å². The lowest BCUT2D eigenvalue weighted by molar-refractivity contribution is 0.577. The van der Waals surface area contributed by atoms with E-state index in [9.17, 15) is 0 Å². The normalized spacial score (nSPS) is 15.5. The van der Waals surface area contributed by atoms with Crippen molar-refractivity contribution in [2.75, 3.05) is 7.05 Å². The molecular weight excluding hydrogens is 254 g/mol. The molecule has 0 radical (unpaired) electrons. The molecule has 1 aliphatic rings. The fourth-order valence-electron chi connectivity index (χ4n) is 3.43. The molecule has 0 heterocycles. The van der Waals surface area contributed by atoms with Crippen LogP contribution in [0.4, 0.5) is 0 Å². The van der Waals surface area contributed by atoms with Gasteiger partial charge in [0.1, 0.15) is 0 Å². The van der Waals surface area contributed by atoms with Gasteiger partial charge in [-0.05, 0) is 67.0 Å². The highest BCUT2D eigenvalue weighted by Crippen LogP contribution is 2.28. The molecule has 21 heavy (non-hydrogen) atoms. The van der Waals surface area contributed by atoms with Gasteiger partial charge in [0, 0.05) is 6.04 Å². The zero-order chi connectivity index (χ0) is 14.7. The predicted octanol–water partition coefficient (Wildman–Crippen LogP) is 4.90. The van der Waals surface area contributed by atoms with Crippen LogP contribution in [-0.4, -0.2) is 7.05 Å². The topological polar surface area (TPSA) is 12.0 Å². The Kier molecular flexibility index (Phi) is 4.40. The van der Waals surface area contributed by atoms with Gasteiger partial charge < -0.3 is 5.32 Å². The van der Waals surface area contributed by atoms with Gasteiger partial charge in [0.25, 0.3) is 0 Å².